The molecule has 5 rings (SSSR count). The zero-order valence-electron chi connectivity index (χ0n) is 15.5. The van der Waals surface area contributed by atoms with Gasteiger partial charge in [0.25, 0.3) is 0 Å². The Balaban J connectivity index is 1.79. The summed E-state index contributed by atoms with van der Waals surface area (Å²) in [5, 5.41) is 11.1. The van der Waals surface area contributed by atoms with E-state index in [1.54, 1.807) is 10.6 Å². The molecule has 0 radical (unpaired) electrons. The van der Waals surface area contributed by atoms with Crippen LogP contribution in [0.25, 0.3) is 16.6 Å². The van der Waals surface area contributed by atoms with E-state index >= 15 is 0 Å². The molecule has 1 aromatic heterocycles. The lowest BCUT2D eigenvalue weighted by Gasteiger charge is -2.16. The molecule has 0 unspecified atom stereocenters. The number of para-hydroxylation sites is 1. The molecule has 140 valence electrons. The molecule has 4 nitrogen and oxygen atoms in total. The van der Waals surface area contributed by atoms with Crippen LogP contribution in [-0.2, 0) is 6.42 Å². The highest BCUT2D eigenvalue weighted by atomic mass is 35.5. The van der Waals surface area contributed by atoms with Crippen LogP contribution in [0.3, 0.4) is 0 Å². The van der Waals surface area contributed by atoms with Crippen LogP contribution in [0.2, 0.25) is 5.02 Å². The third-order valence-electron chi connectivity index (χ3n) is 5.86. The normalized spacial score (nSPS) is 16.3. The molecule has 0 N–H and O–H groups in total. The molecule has 2 aliphatic carbocycles. The largest absolute Gasteiger partial charge is 0.352 e. The van der Waals surface area contributed by atoms with Crippen molar-refractivity contribution in [1.82, 2.24) is 9.55 Å². The second-order valence-electron chi connectivity index (χ2n) is 7.95. The lowest BCUT2D eigenvalue weighted by Crippen LogP contribution is -2.24. The minimum Gasteiger partial charge on any atom is -0.259 e. The van der Waals surface area contributed by atoms with Crippen molar-refractivity contribution in [1.29, 1.82) is 5.26 Å². The first kappa shape index (κ1) is 17.5. The van der Waals surface area contributed by atoms with Gasteiger partial charge in [-0.15, -0.1) is 0 Å². The van der Waals surface area contributed by atoms with Gasteiger partial charge in [0.05, 0.1) is 33.6 Å². The number of halogens is 1. The summed E-state index contributed by atoms with van der Waals surface area (Å²) >= 11 is 6.42. The highest BCUT2D eigenvalue weighted by molar-refractivity contribution is 6.32. The summed E-state index contributed by atoms with van der Waals surface area (Å²) in [7, 11) is 0. The summed E-state index contributed by atoms with van der Waals surface area (Å²) in [6, 6.07) is 13.6. The Bertz CT molecular complexity index is 1180. The summed E-state index contributed by atoms with van der Waals surface area (Å²) < 4.78 is 1.60. The van der Waals surface area contributed by atoms with E-state index < -0.39 is 0 Å². The number of rotatable bonds is 5. The smallest absolute Gasteiger partial charge is 0.259 e. The van der Waals surface area contributed by atoms with Gasteiger partial charge in [-0.3, -0.25) is 4.57 Å². The van der Waals surface area contributed by atoms with E-state index in [1.165, 1.54) is 12.8 Å². The zero-order valence-corrected chi connectivity index (χ0v) is 16.2. The molecule has 2 saturated carbocycles. The summed E-state index contributed by atoms with van der Waals surface area (Å²) in [6.45, 7) is 0. The Hall–Kier alpha value is -2.64. The molecule has 2 fully saturated rings. The van der Waals surface area contributed by atoms with Crippen LogP contribution in [0.1, 0.15) is 54.8 Å². The predicted octanol–water partition coefficient (Wildman–Crippen LogP) is 5.13. The molecule has 0 bridgehead atoms. The number of aromatic nitrogens is 2. The molecule has 5 heteroatoms. The lowest BCUT2D eigenvalue weighted by molar-refractivity contribution is 0.711. The molecule has 28 heavy (non-hydrogen) atoms. The molecule has 0 saturated heterocycles. The van der Waals surface area contributed by atoms with Gasteiger partial charge in [-0.25, -0.2) is 4.79 Å². The average molecular weight is 390 g/mol. The Morgan fingerprint density at radius 3 is 2.64 bits per heavy atom. The molecule has 1 heterocycles. The van der Waals surface area contributed by atoms with Gasteiger partial charge < -0.3 is 0 Å². The van der Waals surface area contributed by atoms with Gasteiger partial charge in [0.2, 0.25) is 0 Å². The van der Waals surface area contributed by atoms with Crippen molar-refractivity contribution in [3.05, 3.63) is 68.7 Å². The third kappa shape index (κ3) is 3.10. The van der Waals surface area contributed by atoms with Gasteiger partial charge in [0, 0.05) is 5.39 Å². The number of hydrogen-bond acceptors (Lipinski definition) is 3. The van der Waals surface area contributed by atoms with Gasteiger partial charge in [-0.2, -0.15) is 10.2 Å². The van der Waals surface area contributed by atoms with Crippen LogP contribution in [-0.4, -0.2) is 9.55 Å². The minimum atomic E-state index is -0.308. The van der Waals surface area contributed by atoms with Crippen molar-refractivity contribution in [3.63, 3.8) is 0 Å². The van der Waals surface area contributed by atoms with Gasteiger partial charge in [0.1, 0.15) is 0 Å². The summed E-state index contributed by atoms with van der Waals surface area (Å²) in [5.74, 6) is 1.17. The first-order valence-corrected chi connectivity index (χ1v) is 10.3. The van der Waals surface area contributed by atoms with E-state index in [9.17, 15) is 10.1 Å². The fourth-order valence-electron chi connectivity index (χ4n) is 3.98. The molecular weight excluding hydrogens is 370 g/mol. The van der Waals surface area contributed by atoms with Crippen molar-refractivity contribution in [2.24, 2.45) is 5.92 Å². The maximum atomic E-state index is 13.0. The van der Waals surface area contributed by atoms with Crippen molar-refractivity contribution in [2.45, 2.75) is 44.4 Å². The minimum absolute atomic E-state index is 0.308. The summed E-state index contributed by atoms with van der Waals surface area (Å²) in [5.41, 5.74) is 3.67. The first-order valence-electron chi connectivity index (χ1n) is 9.90. The van der Waals surface area contributed by atoms with Crippen LogP contribution in [0.5, 0.6) is 0 Å². The number of nitrogens with zero attached hydrogens (tertiary/aromatic N) is 3. The molecular formula is C23H20ClN3O. The van der Waals surface area contributed by atoms with Crippen molar-refractivity contribution >= 4 is 22.5 Å². The first-order chi connectivity index (χ1) is 13.7. The quantitative estimate of drug-likeness (QED) is 0.607. The van der Waals surface area contributed by atoms with Crippen LogP contribution in [0, 0.1) is 17.2 Å². The molecule has 2 aromatic carbocycles. The van der Waals surface area contributed by atoms with Gasteiger partial charge in [-0.1, -0.05) is 36.6 Å². The van der Waals surface area contributed by atoms with E-state index in [4.69, 9.17) is 11.6 Å². The lowest BCUT2D eigenvalue weighted by atomic mass is 9.98. The molecule has 0 aliphatic heterocycles. The molecule has 2 aliphatic rings. The van der Waals surface area contributed by atoms with E-state index in [0.717, 1.165) is 53.8 Å². The van der Waals surface area contributed by atoms with Crippen molar-refractivity contribution < 1.29 is 0 Å². The van der Waals surface area contributed by atoms with Crippen LogP contribution >= 0.6 is 11.6 Å². The number of fused-ring (bicyclic) bond motifs is 1. The Morgan fingerprint density at radius 2 is 1.96 bits per heavy atom. The number of nitriles is 1. The zero-order chi connectivity index (χ0) is 19.3. The highest BCUT2D eigenvalue weighted by Crippen LogP contribution is 2.43. The molecule has 3 aromatic rings. The van der Waals surface area contributed by atoms with E-state index in [1.807, 2.05) is 30.3 Å². The summed E-state index contributed by atoms with van der Waals surface area (Å²) in [6.07, 6.45) is 6.54. The summed E-state index contributed by atoms with van der Waals surface area (Å²) in [4.78, 5) is 17.5. The maximum Gasteiger partial charge on any atom is 0.352 e. The Labute approximate surface area is 168 Å². The van der Waals surface area contributed by atoms with Crippen molar-refractivity contribution in [3.8, 4) is 11.8 Å². The van der Waals surface area contributed by atoms with Crippen LogP contribution in [0.4, 0.5) is 0 Å². The topological polar surface area (TPSA) is 58.7 Å². The molecule has 0 atom stereocenters. The highest BCUT2D eigenvalue weighted by Gasteiger charge is 2.28. The third-order valence-corrected chi connectivity index (χ3v) is 6.18. The number of benzene rings is 2. The van der Waals surface area contributed by atoms with Gasteiger partial charge in [-0.05, 0) is 67.3 Å². The second-order valence-corrected chi connectivity index (χ2v) is 8.36. The fourth-order valence-corrected chi connectivity index (χ4v) is 4.20. The molecule has 0 amide bonds. The van der Waals surface area contributed by atoms with Crippen LogP contribution < -0.4 is 5.69 Å². The van der Waals surface area contributed by atoms with E-state index in [-0.39, 0.29) is 5.69 Å². The van der Waals surface area contributed by atoms with E-state index in [0.29, 0.717) is 22.2 Å². The number of aryl methyl sites for hydroxylation is 1. The SMILES string of the molecule is N#Cc1cc2c(CCC3CC3)nc(=O)n(-c3ccccc3Cl)c2cc1C1CC1. The second kappa shape index (κ2) is 6.76. The van der Waals surface area contributed by atoms with Crippen LogP contribution in [0.15, 0.2) is 41.2 Å². The van der Waals surface area contributed by atoms with Gasteiger partial charge in [0.15, 0.2) is 0 Å². The molecule has 0 spiro atoms. The van der Waals surface area contributed by atoms with Gasteiger partial charge >= 0.3 is 5.69 Å². The van der Waals surface area contributed by atoms with Crippen molar-refractivity contribution in [2.75, 3.05) is 0 Å². The van der Waals surface area contributed by atoms with E-state index in [2.05, 4.69) is 11.1 Å². The maximum absolute atomic E-state index is 13.0. The Morgan fingerprint density at radius 1 is 1.18 bits per heavy atom. The predicted molar refractivity (Wildman–Crippen MR) is 110 cm³/mol. The number of hydrogen-bond donors (Lipinski definition) is 0. The average Bonchev–Trinajstić information content (AvgIpc) is 3.60. The Kier molecular flexibility index (Phi) is 4.21. The monoisotopic (exact) mass is 389 g/mol. The fraction of sp³-hybridized carbons (Fsp3) is 0.348. The standard InChI is InChI=1S/C23H20ClN3O/c24-19-3-1-2-4-21(19)27-22-12-17(15-8-9-15)16(13-25)11-18(22)20(26-23(27)28)10-7-14-5-6-14/h1-4,11-12,14-15H,5-10H2.